The molecule has 4 aromatic rings. The van der Waals surface area contributed by atoms with Crippen LogP contribution in [0.25, 0.3) is 11.2 Å². The highest BCUT2D eigenvalue weighted by atomic mass is 16.5. The third kappa shape index (κ3) is 6.08. The fourth-order valence-corrected chi connectivity index (χ4v) is 4.04. The molecular weight excluding hydrogens is 442 g/mol. The lowest BCUT2D eigenvalue weighted by Crippen LogP contribution is -2.31. The van der Waals surface area contributed by atoms with Gasteiger partial charge in [0.1, 0.15) is 18.2 Å². The number of H-pyrrole nitrogens is 1. The van der Waals surface area contributed by atoms with Gasteiger partial charge in [-0.15, -0.1) is 0 Å². The molecule has 4 rings (SSSR count). The number of aryl methyl sites for hydroxylation is 1. The van der Waals surface area contributed by atoms with Crippen molar-refractivity contribution in [1.82, 2.24) is 24.0 Å². The molecule has 35 heavy (non-hydrogen) atoms. The van der Waals surface area contributed by atoms with Gasteiger partial charge in [-0.2, -0.15) is 0 Å². The van der Waals surface area contributed by atoms with Gasteiger partial charge in [-0.25, -0.2) is 9.78 Å². The average Bonchev–Trinajstić information content (AvgIpc) is 3.20. The predicted molar refractivity (Wildman–Crippen MR) is 138 cm³/mol. The Balaban J connectivity index is 1.63. The molecule has 0 saturated carbocycles. The van der Waals surface area contributed by atoms with Crippen molar-refractivity contribution in [2.24, 2.45) is 5.92 Å². The molecule has 0 unspecified atom stereocenters. The van der Waals surface area contributed by atoms with Crippen LogP contribution in [0.15, 0.2) is 70.3 Å². The first-order valence-corrected chi connectivity index (χ1v) is 12.0. The molecule has 2 heterocycles. The fourth-order valence-electron chi connectivity index (χ4n) is 4.04. The van der Waals surface area contributed by atoms with Gasteiger partial charge in [-0.05, 0) is 37.1 Å². The van der Waals surface area contributed by atoms with Crippen LogP contribution >= 0.6 is 0 Å². The Morgan fingerprint density at radius 3 is 2.37 bits per heavy atom. The molecule has 0 aliphatic carbocycles. The molecule has 0 radical (unpaired) electrons. The minimum absolute atomic E-state index is 0.342. The Bertz CT molecular complexity index is 1360. The van der Waals surface area contributed by atoms with Crippen LogP contribution in [0.3, 0.4) is 0 Å². The Morgan fingerprint density at radius 2 is 1.69 bits per heavy atom. The summed E-state index contributed by atoms with van der Waals surface area (Å²) in [6.45, 7) is 7.06. The number of imidazole rings is 1. The van der Waals surface area contributed by atoms with Crippen molar-refractivity contribution in [2.45, 2.75) is 39.9 Å². The van der Waals surface area contributed by atoms with E-state index in [1.165, 1.54) is 0 Å². The molecule has 2 aromatic carbocycles. The van der Waals surface area contributed by atoms with Gasteiger partial charge in [-0.3, -0.25) is 19.2 Å². The summed E-state index contributed by atoms with van der Waals surface area (Å²) in [6, 6.07) is 19.4. The Kier molecular flexibility index (Phi) is 7.82. The van der Waals surface area contributed by atoms with E-state index in [9.17, 15) is 9.59 Å². The highest BCUT2D eigenvalue weighted by Gasteiger charge is 2.20. The maximum Gasteiger partial charge on any atom is 0.330 e. The number of nitrogens with one attached hydrogen (secondary N) is 1. The molecular formula is C27H33N5O3. The number of para-hydroxylation sites is 1. The van der Waals surface area contributed by atoms with Crippen molar-refractivity contribution in [3.8, 4) is 5.75 Å². The molecule has 1 N–H and O–H groups in total. The largest absolute Gasteiger partial charge is 0.492 e. The molecule has 0 aliphatic heterocycles. The molecule has 0 bridgehead atoms. The lowest BCUT2D eigenvalue weighted by atomic mass is 10.1. The van der Waals surface area contributed by atoms with Gasteiger partial charge >= 0.3 is 5.69 Å². The molecule has 8 nitrogen and oxygen atoms in total. The zero-order chi connectivity index (χ0) is 24.8. The number of aromatic nitrogens is 4. The lowest BCUT2D eigenvalue weighted by Gasteiger charge is -2.18. The molecule has 0 aliphatic rings. The molecule has 0 saturated heterocycles. The zero-order valence-electron chi connectivity index (χ0n) is 20.6. The van der Waals surface area contributed by atoms with Crippen LogP contribution in [0, 0.1) is 5.92 Å². The van der Waals surface area contributed by atoms with Crippen molar-refractivity contribution in [1.29, 1.82) is 0 Å². The third-order valence-corrected chi connectivity index (χ3v) is 5.97. The molecule has 184 valence electrons. The third-order valence-electron chi connectivity index (χ3n) is 5.97. The van der Waals surface area contributed by atoms with Crippen molar-refractivity contribution in [3.05, 3.63) is 92.9 Å². The summed E-state index contributed by atoms with van der Waals surface area (Å²) < 4.78 is 9.36. The highest BCUT2D eigenvalue weighted by molar-refractivity contribution is 5.71. The number of rotatable bonds is 11. The van der Waals surface area contributed by atoms with E-state index in [0.29, 0.717) is 49.9 Å². The standard InChI is InChI=1S/C27H33N5O3/c1-20(2)14-15-31-23(19-30(3)16-17-35-22-12-8-5-9-13-22)28-25-24(31)26(33)29-27(34)32(25)18-21-10-6-4-7-11-21/h4-13,20H,14-19H2,1-3H3,(H,29,33,34). The van der Waals surface area contributed by atoms with Gasteiger partial charge in [-0.1, -0.05) is 62.4 Å². The topological polar surface area (TPSA) is 85.2 Å². The fraction of sp³-hybridized carbons (Fsp3) is 0.370. The number of ether oxygens (including phenoxy) is 1. The smallest absolute Gasteiger partial charge is 0.330 e. The van der Waals surface area contributed by atoms with E-state index in [1.54, 1.807) is 4.57 Å². The molecule has 2 aromatic heterocycles. The number of aromatic amines is 1. The summed E-state index contributed by atoms with van der Waals surface area (Å²) in [5.41, 5.74) is 1.000. The van der Waals surface area contributed by atoms with Gasteiger partial charge < -0.3 is 9.30 Å². The van der Waals surface area contributed by atoms with Crippen LogP contribution in [-0.4, -0.2) is 44.2 Å². The number of hydrogen-bond acceptors (Lipinski definition) is 5. The predicted octanol–water partition coefficient (Wildman–Crippen LogP) is 3.49. The van der Waals surface area contributed by atoms with Crippen molar-refractivity contribution >= 4 is 11.2 Å². The van der Waals surface area contributed by atoms with E-state index in [2.05, 4.69) is 23.7 Å². The first-order chi connectivity index (χ1) is 16.9. The van der Waals surface area contributed by atoms with Gasteiger partial charge in [0.2, 0.25) is 0 Å². The van der Waals surface area contributed by atoms with E-state index in [0.717, 1.165) is 23.6 Å². The Labute approximate surface area is 204 Å². The summed E-state index contributed by atoms with van der Waals surface area (Å²) in [5, 5.41) is 0. The second kappa shape index (κ2) is 11.2. The van der Waals surface area contributed by atoms with Crippen LogP contribution in [0.5, 0.6) is 5.75 Å². The minimum atomic E-state index is -0.448. The number of nitrogens with zero attached hydrogens (tertiary/aromatic N) is 4. The molecule has 8 heteroatoms. The van der Waals surface area contributed by atoms with E-state index in [-0.39, 0.29) is 0 Å². The zero-order valence-corrected chi connectivity index (χ0v) is 20.6. The Morgan fingerprint density at radius 1 is 1.00 bits per heavy atom. The van der Waals surface area contributed by atoms with E-state index >= 15 is 0 Å². The number of hydrogen-bond donors (Lipinski definition) is 1. The van der Waals surface area contributed by atoms with Crippen LogP contribution in [0.1, 0.15) is 31.7 Å². The summed E-state index contributed by atoms with van der Waals surface area (Å²) in [6.07, 6.45) is 0.899. The van der Waals surface area contributed by atoms with Gasteiger partial charge in [0.05, 0.1) is 13.1 Å². The van der Waals surface area contributed by atoms with Crippen LogP contribution in [0.2, 0.25) is 0 Å². The van der Waals surface area contributed by atoms with Gasteiger partial charge in [0.25, 0.3) is 5.56 Å². The summed E-state index contributed by atoms with van der Waals surface area (Å²) in [4.78, 5) is 35.2. The van der Waals surface area contributed by atoms with E-state index in [4.69, 9.17) is 9.72 Å². The van der Waals surface area contributed by atoms with Crippen molar-refractivity contribution in [3.63, 3.8) is 0 Å². The first-order valence-electron chi connectivity index (χ1n) is 12.0. The van der Waals surface area contributed by atoms with Crippen molar-refractivity contribution < 1.29 is 4.74 Å². The van der Waals surface area contributed by atoms with Crippen LogP contribution in [-0.2, 0) is 19.6 Å². The SMILES string of the molecule is CC(C)CCn1c(CN(C)CCOc2ccccc2)nc2c1c(=O)[nH]c(=O)n2Cc1ccccc1. The lowest BCUT2D eigenvalue weighted by molar-refractivity contribution is 0.228. The van der Waals surface area contributed by atoms with Gasteiger partial charge in [0, 0.05) is 13.1 Å². The monoisotopic (exact) mass is 475 g/mol. The normalized spacial score (nSPS) is 11.6. The summed E-state index contributed by atoms with van der Waals surface area (Å²) in [5.74, 6) is 2.06. The summed E-state index contributed by atoms with van der Waals surface area (Å²) >= 11 is 0. The molecule has 0 amide bonds. The van der Waals surface area contributed by atoms with Crippen molar-refractivity contribution in [2.75, 3.05) is 20.2 Å². The maximum atomic E-state index is 12.9. The second-order valence-corrected chi connectivity index (χ2v) is 9.26. The maximum absolute atomic E-state index is 12.9. The first kappa shape index (κ1) is 24.5. The average molecular weight is 476 g/mol. The van der Waals surface area contributed by atoms with Crippen LogP contribution < -0.4 is 16.0 Å². The van der Waals surface area contributed by atoms with E-state index in [1.807, 2.05) is 72.3 Å². The minimum Gasteiger partial charge on any atom is -0.492 e. The number of likely N-dealkylation sites (N-methyl/N-ethyl adjacent to an activating group) is 1. The highest BCUT2D eigenvalue weighted by Crippen LogP contribution is 2.17. The van der Waals surface area contributed by atoms with Gasteiger partial charge in [0.15, 0.2) is 11.2 Å². The summed E-state index contributed by atoms with van der Waals surface area (Å²) in [7, 11) is 2.00. The Hall–Kier alpha value is -3.65. The molecule has 0 fully saturated rings. The number of benzene rings is 2. The molecule has 0 spiro atoms. The second-order valence-electron chi connectivity index (χ2n) is 9.26. The van der Waals surface area contributed by atoms with E-state index < -0.39 is 11.2 Å². The quantitative estimate of drug-likeness (QED) is 0.359. The van der Waals surface area contributed by atoms with Crippen LogP contribution in [0.4, 0.5) is 0 Å². The number of fused-ring (bicyclic) bond motifs is 1. The molecule has 0 atom stereocenters.